The largest absolute Gasteiger partial charge is 0.466 e. The van der Waals surface area contributed by atoms with Gasteiger partial charge in [0.1, 0.15) is 0 Å². The van der Waals surface area contributed by atoms with E-state index in [9.17, 15) is 22.6 Å². The van der Waals surface area contributed by atoms with Crippen molar-refractivity contribution in [1.82, 2.24) is 0 Å². The third kappa shape index (κ3) is 18.0. The second-order valence-electron chi connectivity index (χ2n) is 7.13. The van der Waals surface area contributed by atoms with Crippen LogP contribution in [-0.2, 0) is 29.2 Å². The fourth-order valence-electron chi connectivity index (χ4n) is 2.74. The minimum absolute atomic E-state index is 0. The molecule has 0 aliphatic carbocycles. The van der Waals surface area contributed by atoms with Crippen LogP contribution in [0.1, 0.15) is 97.3 Å². The van der Waals surface area contributed by atoms with Gasteiger partial charge in [-0.25, -0.2) is 0 Å². The van der Waals surface area contributed by atoms with Crippen LogP contribution < -0.4 is 0 Å². The zero-order chi connectivity index (χ0) is 21.3. The maximum absolute atomic E-state index is 12.0. The molecule has 1 atom stereocenters. The third-order valence-electron chi connectivity index (χ3n) is 4.48. The quantitative estimate of drug-likeness (QED) is 0.151. The van der Waals surface area contributed by atoms with Gasteiger partial charge in [-0.05, 0) is 12.8 Å². The van der Waals surface area contributed by atoms with Crippen molar-refractivity contribution in [3.63, 3.8) is 0 Å². The van der Waals surface area contributed by atoms with Crippen LogP contribution in [0.3, 0.4) is 0 Å². The molecule has 1 N–H and O–H groups in total. The standard InChI is InChI=1S/C20H38O7S.Li/c1-3-5-7-9-11-13-15-26-19(21)17-18(28(23,24)25)20(22)27-16-14-12-10-8-6-4-2;/h18H,3-17H2,1-2H3,(H,23,24,25);. The molecule has 0 aromatic carbocycles. The number of carbonyl (C=O) groups excluding carboxylic acids is 2. The number of esters is 2. The molecule has 0 aliphatic heterocycles. The van der Waals surface area contributed by atoms with E-state index in [2.05, 4.69) is 13.8 Å². The summed E-state index contributed by atoms with van der Waals surface area (Å²) in [6, 6.07) is 0. The predicted molar refractivity (Wildman–Crippen MR) is 114 cm³/mol. The van der Waals surface area contributed by atoms with Gasteiger partial charge in [-0.1, -0.05) is 78.1 Å². The van der Waals surface area contributed by atoms with E-state index in [0.29, 0.717) is 12.8 Å². The summed E-state index contributed by atoms with van der Waals surface area (Å²) in [5.41, 5.74) is 0. The number of hydrogen-bond acceptors (Lipinski definition) is 6. The first-order valence-electron chi connectivity index (χ1n) is 10.6. The Morgan fingerprint density at radius 3 is 1.62 bits per heavy atom. The van der Waals surface area contributed by atoms with Gasteiger partial charge in [-0.15, -0.1) is 0 Å². The second-order valence-corrected chi connectivity index (χ2v) is 8.73. The average Bonchev–Trinajstić information content (AvgIpc) is 2.63. The van der Waals surface area contributed by atoms with E-state index in [4.69, 9.17) is 9.47 Å². The van der Waals surface area contributed by atoms with Crippen molar-refractivity contribution in [2.24, 2.45) is 0 Å². The zero-order valence-electron chi connectivity index (χ0n) is 18.5. The minimum atomic E-state index is -4.73. The van der Waals surface area contributed by atoms with Crippen molar-refractivity contribution in [1.29, 1.82) is 0 Å². The van der Waals surface area contributed by atoms with Gasteiger partial charge in [0.25, 0.3) is 10.1 Å². The van der Waals surface area contributed by atoms with Crippen LogP contribution in [0.5, 0.6) is 0 Å². The Hall–Kier alpha value is -0.553. The topological polar surface area (TPSA) is 107 Å². The molecule has 0 aromatic heterocycles. The number of rotatable bonds is 18. The van der Waals surface area contributed by atoms with Crippen molar-refractivity contribution in [3.8, 4) is 0 Å². The molecule has 0 aliphatic rings. The maximum Gasteiger partial charge on any atom is 0.327 e. The predicted octanol–water partition coefficient (Wildman–Crippen LogP) is 4.06. The number of hydrogen-bond donors (Lipinski definition) is 1. The van der Waals surface area contributed by atoms with Gasteiger partial charge in [-0.2, -0.15) is 8.42 Å². The average molecular weight is 430 g/mol. The maximum atomic E-state index is 12.0. The fourth-order valence-corrected chi connectivity index (χ4v) is 3.39. The van der Waals surface area contributed by atoms with Crippen LogP contribution in [0.25, 0.3) is 0 Å². The van der Waals surface area contributed by atoms with Crippen LogP contribution in [-0.4, -0.2) is 62.2 Å². The number of unbranched alkanes of at least 4 members (excludes halogenated alkanes) is 10. The molecule has 0 rings (SSSR count). The van der Waals surface area contributed by atoms with Crippen molar-refractivity contribution in [3.05, 3.63) is 0 Å². The van der Waals surface area contributed by atoms with Crippen molar-refractivity contribution in [2.45, 2.75) is 103 Å². The first-order chi connectivity index (χ1) is 13.3. The molecule has 0 bridgehead atoms. The summed E-state index contributed by atoms with van der Waals surface area (Å²) < 4.78 is 42.0. The molecule has 0 heterocycles. The molecule has 1 unspecified atom stereocenters. The smallest absolute Gasteiger partial charge is 0.327 e. The SMILES string of the molecule is CCCCCCCCOC(=O)CC(C(=O)OCCCCCCCC)S(=O)(=O)O.[Li]. The molecule has 0 fully saturated rings. The summed E-state index contributed by atoms with van der Waals surface area (Å²) in [5, 5.41) is -1.93. The number of carbonyl (C=O) groups is 2. The Bertz CT molecular complexity index is 523. The monoisotopic (exact) mass is 429 g/mol. The van der Waals surface area contributed by atoms with Crippen LogP contribution in [0.2, 0.25) is 0 Å². The van der Waals surface area contributed by atoms with Crippen LogP contribution >= 0.6 is 0 Å². The van der Waals surface area contributed by atoms with Gasteiger partial charge in [0.15, 0.2) is 5.25 Å². The van der Waals surface area contributed by atoms with Crippen LogP contribution in [0.4, 0.5) is 0 Å². The van der Waals surface area contributed by atoms with Gasteiger partial charge >= 0.3 is 11.9 Å². The van der Waals surface area contributed by atoms with Crippen LogP contribution in [0, 0.1) is 0 Å². The van der Waals surface area contributed by atoms with E-state index in [-0.39, 0.29) is 32.1 Å². The molecule has 0 amide bonds. The van der Waals surface area contributed by atoms with Crippen molar-refractivity contribution in [2.75, 3.05) is 13.2 Å². The Labute approximate surface area is 188 Å². The van der Waals surface area contributed by atoms with E-state index in [1.165, 1.54) is 6.42 Å². The molecule has 7 nitrogen and oxygen atoms in total. The van der Waals surface area contributed by atoms with E-state index >= 15 is 0 Å². The molecule has 1 radical (unpaired) electrons. The minimum Gasteiger partial charge on any atom is -0.466 e. The third-order valence-corrected chi connectivity index (χ3v) is 5.56. The van der Waals surface area contributed by atoms with E-state index < -0.39 is 33.7 Å². The van der Waals surface area contributed by atoms with Gasteiger partial charge in [0.2, 0.25) is 0 Å². The van der Waals surface area contributed by atoms with Crippen molar-refractivity contribution >= 4 is 40.9 Å². The fraction of sp³-hybridized carbons (Fsp3) is 0.900. The molecule has 29 heavy (non-hydrogen) atoms. The molecule has 167 valence electrons. The normalized spacial score (nSPS) is 12.1. The summed E-state index contributed by atoms with van der Waals surface area (Å²) in [6.45, 7) is 4.50. The Morgan fingerprint density at radius 2 is 1.17 bits per heavy atom. The van der Waals surface area contributed by atoms with E-state index in [1.54, 1.807) is 0 Å². The molecule has 0 aromatic rings. The van der Waals surface area contributed by atoms with E-state index in [0.717, 1.165) is 57.8 Å². The first kappa shape index (κ1) is 30.6. The molecular weight excluding hydrogens is 391 g/mol. The summed E-state index contributed by atoms with van der Waals surface area (Å²) in [4.78, 5) is 23.8. The Balaban J connectivity index is 0. The zero-order valence-corrected chi connectivity index (χ0v) is 19.3. The summed E-state index contributed by atoms with van der Waals surface area (Å²) >= 11 is 0. The molecule has 9 heteroatoms. The second kappa shape index (κ2) is 19.4. The Kier molecular flexibility index (Phi) is 20.5. The Morgan fingerprint density at radius 1 is 0.759 bits per heavy atom. The summed E-state index contributed by atoms with van der Waals surface area (Å²) in [7, 11) is -4.73. The number of ether oxygens (including phenoxy) is 2. The molecule has 0 saturated carbocycles. The molecule has 0 spiro atoms. The van der Waals surface area contributed by atoms with Gasteiger partial charge in [0.05, 0.1) is 19.6 Å². The van der Waals surface area contributed by atoms with Gasteiger partial charge < -0.3 is 9.47 Å². The molecule has 0 saturated heterocycles. The van der Waals surface area contributed by atoms with Crippen LogP contribution in [0.15, 0.2) is 0 Å². The molecular formula is C20H38LiO7S. The summed E-state index contributed by atoms with van der Waals surface area (Å²) in [5.74, 6) is -1.93. The van der Waals surface area contributed by atoms with E-state index in [1.807, 2.05) is 0 Å². The summed E-state index contributed by atoms with van der Waals surface area (Å²) in [6.07, 6.45) is 11.3. The van der Waals surface area contributed by atoms with Crippen molar-refractivity contribution < 1.29 is 32.0 Å². The first-order valence-corrected chi connectivity index (χ1v) is 12.1. The van der Waals surface area contributed by atoms with Gasteiger partial charge in [0, 0.05) is 18.9 Å². The van der Waals surface area contributed by atoms with Gasteiger partial charge in [-0.3, -0.25) is 14.1 Å².